The molecule has 0 spiro atoms. The first-order chi connectivity index (χ1) is 4.34. The van der Waals surface area contributed by atoms with Gasteiger partial charge in [0, 0.05) is 13.2 Å². The third-order valence-electron chi connectivity index (χ3n) is 1.08. The molecule has 0 aliphatic heterocycles. The number of anilines is 1. The molecule has 0 aliphatic carbocycles. The highest BCUT2D eigenvalue weighted by atomic mass is 16.1. The second-order valence-electron chi connectivity index (χ2n) is 1.71. The maximum Gasteiger partial charge on any atom is 0.317 e. The third kappa shape index (κ3) is 1.10. The number of aromatic amines is 1. The molecule has 0 saturated heterocycles. The van der Waals surface area contributed by atoms with Crippen LogP contribution >= 0.6 is 0 Å². The molecular weight excluding hydrogens is 116 g/mol. The van der Waals surface area contributed by atoms with E-state index in [1.54, 1.807) is 25.7 Å². The van der Waals surface area contributed by atoms with Crippen LogP contribution in [0.1, 0.15) is 0 Å². The molecule has 1 heterocycles. The molecule has 1 rings (SSSR count). The lowest BCUT2D eigenvalue weighted by atomic mass is 10.6. The van der Waals surface area contributed by atoms with Crippen LogP contribution in [0.2, 0.25) is 0 Å². The number of H-pyrrole nitrogens is 1. The third-order valence-corrected chi connectivity index (χ3v) is 1.08. The van der Waals surface area contributed by atoms with Gasteiger partial charge in [-0.1, -0.05) is 0 Å². The lowest BCUT2D eigenvalue weighted by molar-refractivity contribution is 0.554. The Kier molecular flexibility index (Phi) is 1.53. The number of amides is 1. The maximum absolute atomic E-state index is 9.98. The van der Waals surface area contributed by atoms with E-state index < -0.39 is 0 Å². The van der Waals surface area contributed by atoms with Gasteiger partial charge in [-0.3, -0.25) is 9.69 Å². The van der Waals surface area contributed by atoms with E-state index in [4.69, 9.17) is 0 Å². The van der Waals surface area contributed by atoms with Crippen molar-refractivity contribution in [2.45, 2.75) is 0 Å². The molecule has 0 bridgehead atoms. The van der Waals surface area contributed by atoms with E-state index in [1.165, 1.54) is 4.90 Å². The predicted octanol–water partition coefficient (Wildman–Crippen LogP) is 0.518. The van der Waals surface area contributed by atoms with Crippen molar-refractivity contribution in [1.29, 1.82) is 0 Å². The van der Waals surface area contributed by atoms with Gasteiger partial charge in [0.2, 0.25) is 0 Å². The van der Waals surface area contributed by atoms with Crippen LogP contribution in [0.4, 0.5) is 5.82 Å². The number of rotatable bonds is 2. The minimum atomic E-state index is 0.755. The van der Waals surface area contributed by atoms with Crippen LogP contribution in [-0.4, -0.2) is 18.4 Å². The van der Waals surface area contributed by atoms with Crippen LogP contribution in [-0.2, 0) is 4.79 Å². The van der Waals surface area contributed by atoms with Gasteiger partial charge in [-0.15, -0.1) is 0 Å². The van der Waals surface area contributed by atoms with E-state index in [1.807, 2.05) is 6.07 Å². The van der Waals surface area contributed by atoms with E-state index in [-0.39, 0.29) is 0 Å². The fraction of sp³-hybridized carbons (Fsp3) is 0.167. The molecule has 9 heavy (non-hydrogen) atoms. The second-order valence-corrected chi connectivity index (χ2v) is 1.71. The average molecular weight is 123 g/mol. The molecule has 3 heteroatoms. The van der Waals surface area contributed by atoms with E-state index in [0.717, 1.165) is 5.82 Å². The van der Waals surface area contributed by atoms with Crippen LogP contribution in [0, 0.1) is 0 Å². The molecule has 0 fully saturated rings. The minimum absolute atomic E-state index is 0.755. The number of nitrogens with one attached hydrogen (secondary N) is 1. The van der Waals surface area contributed by atoms with Gasteiger partial charge < -0.3 is 4.98 Å². The summed E-state index contributed by atoms with van der Waals surface area (Å²) in [5.41, 5.74) is 0. The zero-order valence-electron chi connectivity index (χ0n) is 5.09. The summed E-state index contributed by atoms with van der Waals surface area (Å²) in [6.07, 6.45) is 3.47. The number of hydrogen-bond donors (Lipinski definition) is 1. The Morgan fingerprint density at radius 2 is 2.56 bits per heavy atom. The lowest BCUT2D eigenvalue weighted by Gasteiger charge is -2.03. The number of carbonyl (C=O) groups excluding carboxylic acids is 1. The first-order valence-electron chi connectivity index (χ1n) is 2.59. The van der Waals surface area contributed by atoms with Gasteiger partial charge >= 0.3 is 6.41 Å². The van der Waals surface area contributed by atoms with E-state index in [9.17, 15) is 4.79 Å². The Balaban J connectivity index is 2.76. The van der Waals surface area contributed by atoms with Crippen LogP contribution in [0.5, 0.6) is 0 Å². The van der Waals surface area contributed by atoms with Crippen molar-refractivity contribution in [3.8, 4) is 0 Å². The maximum atomic E-state index is 9.98. The molecular formula is C6H7N2O. The molecule has 1 aromatic heterocycles. The molecule has 1 N–H and O–H groups in total. The summed E-state index contributed by atoms with van der Waals surface area (Å²) >= 11 is 0. The molecule has 0 aromatic carbocycles. The van der Waals surface area contributed by atoms with Crippen LogP contribution in [0.25, 0.3) is 0 Å². The predicted molar refractivity (Wildman–Crippen MR) is 34.9 cm³/mol. The Hall–Kier alpha value is -1.25. The van der Waals surface area contributed by atoms with Crippen molar-refractivity contribution in [2.24, 2.45) is 0 Å². The lowest BCUT2D eigenvalue weighted by Crippen LogP contribution is -2.13. The first-order valence-corrected chi connectivity index (χ1v) is 2.59. The van der Waals surface area contributed by atoms with Gasteiger partial charge in [-0.25, -0.2) is 0 Å². The van der Waals surface area contributed by atoms with E-state index >= 15 is 0 Å². The van der Waals surface area contributed by atoms with Crippen LogP contribution in [0.3, 0.4) is 0 Å². The normalized spacial score (nSPS) is 9.00. The van der Waals surface area contributed by atoms with Crippen molar-refractivity contribution in [1.82, 2.24) is 4.98 Å². The molecule has 0 aliphatic rings. The van der Waals surface area contributed by atoms with E-state index in [2.05, 4.69) is 4.98 Å². The monoisotopic (exact) mass is 123 g/mol. The highest BCUT2D eigenvalue weighted by molar-refractivity contribution is 5.72. The van der Waals surface area contributed by atoms with Gasteiger partial charge in [0.25, 0.3) is 0 Å². The smallest absolute Gasteiger partial charge is 0.317 e. The highest BCUT2D eigenvalue weighted by Crippen LogP contribution is 2.03. The van der Waals surface area contributed by atoms with Crippen molar-refractivity contribution in [2.75, 3.05) is 11.9 Å². The Morgan fingerprint density at radius 1 is 1.78 bits per heavy atom. The minimum Gasteiger partial charge on any atom is -0.348 e. The SMILES string of the molecule is CN([C]=O)c1ccc[nH]1. The summed E-state index contributed by atoms with van der Waals surface area (Å²) in [6.45, 7) is 0. The Morgan fingerprint density at radius 3 is 3.00 bits per heavy atom. The van der Waals surface area contributed by atoms with Gasteiger partial charge in [-0.2, -0.15) is 0 Å². The summed E-state index contributed by atoms with van der Waals surface area (Å²) in [7, 11) is 1.64. The Labute approximate surface area is 53.3 Å². The molecule has 47 valence electrons. The molecule has 0 unspecified atom stereocenters. The quantitative estimate of drug-likeness (QED) is 0.572. The van der Waals surface area contributed by atoms with Crippen molar-refractivity contribution >= 4 is 12.2 Å². The summed E-state index contributed by atoms with van der Waals surface area (Å²) < 4.78 is 0. The summed E-state index contributed by atoms with van der Waals surface area (Å²) in [5, 5.41) is 0. The van der Waals surface area contributed by atoms with Gasteiger partial charge in [-0.05, 0) is 12.1 Å². The zero-order chi connectivity index (χ0) is 6.69. The molecule has 1 aromatic rings. The Bertz CT molecular complexity index is 181. The standard InChI is InChI=1S/C6H7N2O/c1-8(5-9)6-3-2-4-7-6/h2-4,7H,1H3. The summed E-state index contributed by atoms with van der Waals surface area (Å²) in [6, 6.07) is 3.62. The fourth-order valence-electron chi connectivity index (χ4n) is 0.579. The molecule has 1 amide bonds. The zero-order valence-corrected chi connectivity index (χ0v) is 5.09. The summed E-state index contributed by atoms with van der Waals surface area (Å²) in [4.78, 5) is 14.2. The van der Waals surface area contributed by atoms with Gasteiger partial charge in [0.05, 0.1) is 0 Å². The number of nitrogens with zero attached hydrogens (tertiary/aromatic N) is 1. The topological polar surface area (TPSA) is 36.1 Å². The largest absolute Gasteiger partial charge is 0.348 e. The van der Waals surface area contributed by atoms with E-state index in [0.29, 0.717) is 0 Å². The fourth-order valence-corrected chi connectivity index (χ4v) is 0.579. The van der Waals surface area contributed by atoms with Crippen molar-refractivity contribution in [3.05, 3.63) is 18.3 Å². The van der Waals surface area contributed by atoms with Crippen molar-refractivity contribution in [3.63, 3.8) is 0 Å². The molecule has 0 atom stereocenters. The highest BCUT2D eigenvalue weighted by Gasteiger charge is 1.96. The van der Waals surface area contributed by atoms with Gasteiger partial charge in [0.1, 0.15) is 5.82 Å². The van der Waals surface area contributed by atoms with Gasteiger partial charge in [0.15, 0.2) is 0 Å². The second kappa shape index (κ2) is 2.35. The van der Waals surface area contributed by atoms with Crippen molar-refractivity contribution < 1.29 is 4.79 Å². The van der Waals surface area contributed by atoms with Crippen LogP contribution < -0.4 is 4.90 Å². The molecule has 3 nitrogen and oxygen atoms in total. The number of aromatic nitrogens is 1. The average Bonchev–Trinajstić information content (AvgIpc) is 2.37. The summed E-state index contributed by atoms with van der Waals surface area (Å²) in [5.74, 6) is 0.755. The first kappa shape index (κ1) is 5.88. The molecule has 0 saturated carbocycles. The molecule has 1 radical (unpaired) electrons. The van der Waals surface area contributed by atoms with Crippen LogP contribution in [0.15, 0.2) is 18.3 Å². The number of hydrogen-bond acceptors (Lipinski definition) is 1.